The van der Waals surface area contributed by atoms with Gasteiger partial charge in [-0.25, -0.2) is 8.93 Å². The van der Waals surface area contributed by atoms with E-state index in [9.17, 15) is 9.00 Å². The van der Waals surface area contributed by atoms with Gasteiger partial charge in [-0.05, 0) is 99.7 Å². The molecule has 2 fully saturated rings. The Labute approximate surface area is 304 Å². The number of allylic oxidation sites excluding steroid dienone is 1. The van der Waals surface area contributed by atoms with Gasteiger partial charge in [0.2, 0.25) is 0 Å². The van der Waals surface area contributed by atoms with E-state index >= 15 is 0 Å². The van der Waals surface area contributed by atoms with Gasteiger partial charge < -0.3 is 19.3 Å². The highest BCUT2D eigenvalue weighted by Gasteiger charge is 2.39. The molecule has 7 atom stereocenters. The van der Waals surface area contributed by atoms with E-state index < -0.39 is 11.0 Å². The Balaban J connectivity index is 1.35. The van der Waals surface area contributed by atoms with Gasteiger partial charge in [-0.1, -0.05) is 56.7 Å². The Morgan fingerprint density at radius 2 is 1.92 bits per heavy atom. The van der Waals surface area contributed by atoms with Gasteiger partial charge in [0.15, 0.2) is 0 Å². The molecule has 5 rings (SSSR count). The number of likely N-dealkylation sites (N-methyl/N-ethyl adjacent to an activating group) is 1. The summed E-state index contributed by atoms with van der Waals surface area (Å²) in [4.78, 5) is 19.5. The van der Waals surface area contributed by atoms with Gasteiger partial charge in [0.05, 0.1) is 36.5 Å². The third-order valence-electron chi connectivity index (χ3n) is 11.5. The van der Waals surface area contributed by atoms with Crippen LogP contribution in [0.25, 0.3) is 0 Å². The molecule has 2 aromatic carbocycles. The lowest BCUT2D eigenvalue weighted by Gasteiger charge is -2.45. The second kappa shape index (κ2) is 19.3. The largest absolute Gasteiger partial charge is 0.491 e. The van der Waals surface area contributed by atoms with Gasteiger partial charge in [0.25, 0.3) is 0 Å². The van der Waals surface area contributed by atoms with E-state index in [2.05, 4.69) is 83.7 Å². The number of benzene rings is 2. The Kier molecular flexibility index (Phi) is 14.9. The molecule has 1 saturated carbocycles. The SMILES string of the molecule is CCCc1ccccc1C1COc2ccc(C=O)cc2N(CC2CCC2C(/C=C/CC(C)C(C)S(=O)NC)CN(C)CCN2CCOCC2)C1. The highest BCUT2D eigenvalue weighted by Crippen LogP contribution is 2.44. The van der Waals surface area contributed by atoms with Crippen molar-refractivity contribution in [1.29, 1.82) is 0 Å². The van der Waals surface area contributed by atoms with Crippen molar-refractivity contribution in [3.8, 4) is 5.75 Å². The molecular weight excluding hydrogens is 645 g/mol. The van der Waals surface area contributed by atoms with Gasteiger partial charge in [0, 0.05) is 62.5 Å². The average molecular weight is 707 g/mol. The Bertz CT molecular complexity index is 1410. The molecule has 2 aromatic rings. The number of ether oxygens (including phenoxy) is 2. The number of nitrogens with one attached hydrogen (secondary N) is 1. The summed E-state index contributed by atoms with van der Waals surface area (Å²) in [5, 5.41) is 0.0905. The number of morpholine rings is 1. The Hall–Kier alpha value is -2.56. The van der Waals surface area contributed by atoms with Crippen LogP contribution in [0.15, 0.2) is 54.6 Å². The minimum atomic E-state index is -1.03. The van der Waals surface area contributed by atoms with Crippen molar-refractivity contribution in [1.82, 2.24) is 14.5 Å². The number of aldehydes is 1. The van der Waals surface area contributed by atoms with Crippen LogP contribution < -0.4 is 14.4 Å². The minimum Gasteiger partial charge on any atom is -0.491 e. The molecule has 2 aliphatic heterocycles. The lowest BCUT2D eigenvalue weighted by Crippen LogP contribution is -2.45. The van der Waals surface area contributed by atoms with E-state index in [1.54, 1.807) is 7.05 Å². The van der Waals surface area contributed by atoms with Crippen molar-refractivity contribution in [2.45, 2.75) is 64.0 Å². The number of hydrogen-bond donors (Lipinski definition) is 1. The Morgan fingerprint density at radius 1 is 1.12 bits per heavy atom. The second-order valence-corrected chi connectivity index (χ2v) is 16.7. The third kappa shape index (κ3) is 10.3. The first kappa shape index (κ1) is 38.7. The van der Waals surface area contributed by atoms with Crippen LogP contribution in [0, 0.1) is 23.7 Å². The van der Waals surface area contributed by atoms with Crippen molar-refractivity contribution in [2.24, 2.45) is 23.7 Å². The maximum atomic E-state index is 12.4. The second-order valence-electron chi connectivity index (χ2n) is 14.9. The summed E-state index contributed by atoms with van der Waals surface area (Å²) in [7, 11) is 3.02. The van der Waals surface area contributed by atoms with Gasteiger partial charge >= 0.3 is 0 Å². The molecule has 50 heavy (non-hydrogen) atoms. The number of aryl methyl sites for hydroxylation is 1. The van der Waals surface area contributed by atoms with Crippen LogP contribution in [0.3, 0.4) is 0 Å². The minimum absolute atomic E-state index is 0.0905. The lowest BCUT2D eigenvalue weighted by molar-refractivity contribution is 0.0326. The van der Waals surface area contributed by atoms with E-state index in [0.29, 0.717) is 35.8 Å². The molecule has 0 bridgehead atoms. The average Bonchev–Trinajstić information content (AvgIpc) is 3.31. The van der Waals surface area contributed by atoms with Crippen LogP contribution in [0.5, 0.6) is 5.75 Å². The number of anilines is 1. The molecular formula is C41H62N4O4S. The van der Waals surface area contributed by atoms with Crippen LogP contribution in [-0.2, 0) is 22.1 Å². The van der Waals surface area contributed by atoms with E-state index in [1.807, 2.05) is 18.2 Å². The number of nitrogens with zero attached hydrogens (tertiary/aromatic N) is 3. The zero-order valence-electron chi connectivity index (χ0n) is 31.2. The third-order valence-corrected chi connectivity index (χ3v) is 13.0. The van der Waals surface area contributed by atoms with Crippen molar-refractivity contribution in [2.75, 3.05) is 84.6 Å². The fraction of sp³-hybridized carbons (Fsp3) is 0.634. The van der Waals surface area contributed by atoms with Crippen molar-refractivity contribution < 1.29 is 18.5 Å². The first-order valence-electron chi connectivity index (χ1n) is 19.1. The first-order valence-corrected chi connectivity index (χ1v) is 20.3. The normalized spacial score (nSPS) is 23.8. The van der Waals surface area contributed by atoms with Crippen LogP contribution >= 0.6 is 0 Å². The topological polar surface area (TPSA) is 74.4 Å². The fourth-order valence-electron chi connectivity index (χ4n) is 8.03. The van der Waals surface area contributed by atoms with Crippen molar-refractivity contribution in [3.05, 3.63) is 71.3 Å². The molecule has 3 aliphatic rings. The molecule has 1 N–H and O–H groups in total. The van der Waals surface area contributed by atoms with Crippen LogP contribution in [0.2, 0.25) is 0 Å². The number of rotatable bonds is 18. The highest BCUT2D eigenvalue weighted by molar-refractivity contribution is 7.83. The smallest absolute Gasteiger partial charge is 0.150 e. The predicted molar refractivity (Wildman–Crippen MR) is 207 cm³/mol. The molecule has 0 amide bonds. The summed E-state index contributed by atoms with van der Waals surface area (Å²) in [5.74, 6) is 3.00. The van der Waals surface area contributed by atoms with E-state index in [4.69, 9.17) is 9.47 Å². The highest BCUT2D eigenvalue weighted by atomic mass is 32.2. The number of carbonyl (C=O) groups excluding carboxylic acids is 1. The van der Waals surface area contributed by atoms with Gasteiger partial charge in [0.1, 0.15) is 12.0 Å². The van der Waals surface area contributed by atoms with E-state index in [1.165, 1.54) is 24.0 Å². The zero-order chi connectivity index (χ0) is 35.5. The molecule has 1 saturated heterocycles. The number of carbonyl (C=O) groups is 1. The molecule has 9 heteroatoms. The summed E-state index contributed by atoms with van der Waals surface area (Å²) >= 11 is 0. The fourth-order valence-corrected chi connectivity index (χ4v) is 8.93. The van der Waals surface area contributed by atoms with E-state index in [0.717, 1.165) is 96.0 Å². The van der Waals surface area contributed by atoms with Crippen molar-refractivity contribution in [3.63, 3.8) is 0 Å². The quantitative estimate of drug-likeness (QED) is 0.146. The zero-order valence-corrected chi connectivity index (χ0v) is 32.0. The molecule has 2 heterocycles. The molecule has 0 aromatic heterocycles. The summed E-state index contributed by atoms with van der Waals surface area (Å²) in [6, 6.07) is 14.8. The molecule has 0 spiro atoms. The molecule has 0 radical (unpaired) electrons. The Morgan fingerprint density at radius 3 is 2.64 bits per heavy atom. The summed E-state index contributed by atoms with van der Waals surface area (Å²) < 4.78 is 27.5. The summed E-state index contributed by atoms with van der Waals surface area (Å²) in [6.45, 7) is 15.8. The molecule has 8 nitrogen and oxygen atoms in total. The van der Waals surface area contributed by atoms with Crippen LogP contribution in [-0.4, -0.2) is 105 Å². The maximum absolute atomic E-state index is 12.4. The lowest BCUT2D eigenvalue weighted by atomic mass is 9.66. The van der Waals surface area contributed by atoms with Crippen LogP contribution in [0.1, 0.15) is 73.9 Å². The molecule has 276 valence electrons. The van der Waals surface area contributed by atoms with Crippen molar-refractivity contribution >= 4 is 23.0 Å². The monoisotopic (exact) mass is 706 g/mol. The maximum Gasteiger partial charge on any atom is 0.150 e. The van der Waals surface area contributed by atoms with Crippen LogP contribution in [0.4, 0.5) is 5.69 Å². The molecule has 7 unspecified atom stereocenters. The summed E-state index contributed by atoms with van der Waals surface area (Å²) in [5.41, 5.74) is 4.54. The van der Waals surface area contributed by atoms with E-state index in [-0.39, 0.29) is 11.2 Å². The number of fused-ring (bicyclic) bond motifs is 1. The predicted octanol–water partition coefficient (Wildman–Crippen LogP) is 6.19. The van der Waals surface area contributed by atoms with Gasteiger partial charge in [-0.2, -0.15) is 0 Å². The van der Waals surface area contributed by atoms with Gasteiger partial charge in [-0.15, -0.1) is 0 Å². The molecule has 1 aliphatic carbocycles. The first-order chi connectivity index (χ1) is 24.3. The summed E-state index contributed by atoms with van der Waals surface area (Å²) in [6.07, 6.45) is 11.3. The standard InChI is InChI=1S/C41H62N4O4S/c1-6-10-34-12-7-8-14-38(34)37-28-45(40-25-33(29-46)15-18-41(40)49-30-37)27-36-16-17-39(36)35(13-9-11-31(2)32(3)50(47)42-4)26-43(5)19-20-44-21-23-48-24-22-44/h7-9,12-15,18,25,29,31-32,35-37,39,42H,6,10-11,16-17,19-24,26-28,30H2,1-5H3/b13-9+. The van der Waals surface area contributed by atoms with Gasteiger partial charge in [-0.3, -0.25) is 9.69 Å². The number of hydrogen-bond acceptors (Lipinski definition) is 7.